The van der Waals surface area contributed by atoms with Crippen LogP contribution in [-0.4, -0.2) is 45.8 Å². The topological polar surface area (TPSA) is 78.4 Å². The number of benzene rings is 1. The van der Waals surface area contributed by atoms with E-state index >= 15 is 0 Å². The number of carbonyl (C=O) groups excluding carboxylic acids is 1. The van der Waals surface area contributed by atoms with E-state index in [1.54, 1.807) is 0 Å². The van der Waals surface area contributed by atoms with Gasteiger partial charge in [-0.25, -0.2) is 0 Å². The number of anilines is 1. The molecule has 0 aliphatic heterocycles. The minimum absolute atomic E-state index is 0.0114. The molecular formula is C17H24N4O2S. The van der Waals surface area contributed by atoms with Crippen molar-refractivity contribution in [3.05, 3.63) is 40.9 Å². The van der Waals surface area contributed by atoms with Gasteiger partial charge in [-0.05, 0) is 11.5 Å². The van der Waals surface area contributed by atoms with E-state index in [1.807, 2.05) is 35.2 Å². The first-order valence-electron chi connectivity index (χ1n) is 8.06. The molecule has 1 amide bonds. The zero-order chi connectivity index (χ0) is 17.4. The number of aliphatic hydroxyl groups excluding tert-OH is 1. The van der Waals surface area contributed by atoms with Crippen molar-refractivity contribution >= 4 is 22.4 Å². The lowest BCUT2D eigenvalue weighted by Gasteiger charge is -2.20. The standard InChI is InChI=1S/C17H24N4O2S/c1-13(2)10-16-19-20-17(24-16)18-15(23)12-21(8-9-22)11-14-6-4-3-5-7-14/h3-7,13,22H,8-12H2,1-2H3,(H,18,20,23). The molecule has 0 aliphatic rings. The second-order valence-electron chi connectivity index (χ2n) is 6.07. The van der Waals surface area contributed by atoms with Gasteiger partial charge in [0.15, 0.2) is 0 Å². The first-order valence-corrected chi connectivity index (χ1v) is 8.88. The quantitative estimate of drug-likeness (QED) is 0.726. The van der Waals surface area contributed by atoms with Gasteiger partial charge in [-0.15, -0.1) is 10.2 Å². The van der Waals surface area contributed by atoms with Gasteiger partial charge in [-0.1, -0.05) is 55.5 Å². The summed E-state index contributed by atoms with van der Waals surface area (Å²) in [6.07, 6.45) is 0.859. The van der Waals surface area contributed by atoms with Crippen LogP contribution in [0.25, 0.3) is 0 Å². The maximum Gasteiger partial charge on any atom is 0.240 e. The van der Waals surface area contributed by atoms with Crippen LogP contribution in [0.5, 0.6) is 0 Å². The molecule has 1 aromatic heterocycles. The highest BCUT2D eigenvalue weighted by atomic mass is 32.1. The van der Waals surface area contributed by atoms with Crippen LogP contribution in [0.15, 0.2) is 30.3 Å². The van der Waals surface area contributed by atoms with Gasteiger partial charge >= 0.3 is 0 Å². The van der Waals surface area contributed by atoms with Gasteiger partial charge in [0.1, 0.15) is 5.01 Å². The van der Waals surface area contributed by atoms with E-state index in [-0.39, 0.29) is 19.1 Å². The molecule has 0 aliphatic carbocycles. The number of nitrogens with zero attached hydrogens (tertiary/aromatic N) is 3. The molecule has 1 aromatic carbocycles. The smallest absolute Gasteiger partial charge is 0.240 e. The van der Waals surface area contributed by atoms with Crippen molar-refractivity contribution in [2.75, 3.05) is 25.0 Å². The Morgan fingerprint density at radius 3 is 2.71 bits per heavy atom. The number of hydrogen-bond acceptors (Lipinski definition) is 6. The molecule has 130 valence electrons. The molecule has 0 radical (unpaired) electrons. The second-order valence-corrected chi connectivity index (χ2v) is 7.13. The van der Waals surface area contributed by atoms with Crippen LogP contribution in [-0.2, 0) is 17.8 Å². The third kappa shape index (κ3) is 6.35. The second kappa shape index (κ2) is 9.46. The van der Waals surface area contributed by atoms with E-state index in [4.69, 9.17) is 0 Å². The molecule has 24 heavy (non-hydrogen) atoms. The number of rotatable bonds is 9. The number of aromatic nitrogens is 2. The van der Waals surface area contributed by atoms with Gasteiger partial charge in [0.05, 0.1) is 13.2 Å². The maximum absolute atomic E-state index is 12.2. The summed E-state index contributed by atoms with van der Waals surface area (Å²) in [5.74, 6) is 0.360. The fourth-order valence-corrected chi connectivity index (χ4v) is 3.26. The summed E-state index contributed by atoms with van der Waals surface area (Å²) in [5, 5.41) is 21.6. The van der Waals surface area contributed by atoms with Gasteiger partial charge < -0.3 is 5.11 Å². The van der Waals surface area contributed by atoms with Crippen LogP contribution in [0.4, 0.5) is 5.13 Å². The van der Waals surface area contributed by atoms with E-state index in [9.17, 15) is 9.90 Å². The highest BCUT2D eigenvalue weighted by Crippen LogP contribution is 2.18. The van der Waals surface area contributed by atoms with Gasteiger partial charge in [0.25, 0.3) is 0 Å². The third-order valence-electron chi connectivity index (χ3n) is 3.33. The number of carbonyl (C=O) groups is 1. The van der Waals surface area contributed by atoms with Crippen LogP contribution in [0.1, 0.15) is 24.4 Å². The number of amides is 1. The average Bonchev–Trinajstić information content (AvgIpc) is 2.94. The van der Waals surface area contributed by atoms with Crippen LogP contribution in [0.2, 0.25) is 0 Å². The Kier molecular flexibility index (Phi) is 7.30. The first kappa shape index (κ1) is 18.5. The molecule has 0 spiro atoms. The van der Waals surface area contributed by atoms with E-state index < -0.39 is 0 Å². The fourth-order valence-electron chi connectivity index (χ4n) is 2.29. The van der Waals surface area contributed by atoms with Crippen molar-refractivity contribution in [1.29, 1.82) is 0 Å². The maximum atomic E-state index is 12.2. The van der Waals surface area contributed by atoms with Crippen molar-refractivity contribution in [3.63, 3.8) is 0 Å². The minimum atomic E-state index is -0.147. The Morgan fingerprint density at radius 2 is 2.04 bits per heavy atom. The molecule has 1 heterocycles. The summed E-state index contributed by atoms with van der Waals surface area (Å²) >= 11 is 1.41. The molecule has 0 bridgehead atoms. The molecule has 0 atom stereocenters. The van der Waals surface area contributed by atoms with Crippen molar-refractivity contribution in [2.24, 2.45) is 5.92 Å². The number of nitrogens with one attached hydrogen (secondary N) is 1. The van der Waals surface area contributed by atoms with Crippen LogP contribution in [0, 0.1) is 5.92 Å². The molecule has 0 fully saturated rings. The van der Waals surface area contributed by atoms with E-state index in [0.717, 1.165) is 17.0 Å². The van der Waals surface area contributed by atoms with E-state index in [0.29, 0.717) is 24.1 Å². The Labute approximate surface area is 146 Å². The van der Waals surface area contributed by atoms with Gasteiger partial charge in [-0.3, -0.25) is 15.0 Å². The molecule has 2 aromatic rings. The summed E-state index contributed by atoms with van der Waals surface area (Å²) in [6, 6.07) is 9.89. The monoisotopic (exact) mass is 348 g/mol. The lowest BCUT2D eigenvalue weighted by atomic mass is 10.1. The van der Waals surface area contributed by atoms with Crippen LogP contribution >= 0.6 is 11.3 Å². The molecule has 2 N–H and O–H groups in total. The molecule has 0 saturated carbocycles. The van der Waals surface area contributed by atoms with Crippen molar-refractivity contribution in [3.8, 4) is 0 Å². The summed E-state index contributed by atoms with van der Waals surface area (Å²) in [7, 11) is 0. The first-order chi connectivity index (χ1) is 11.6. The SMILES string of the molecule is CC(C)Cc1nnc(NC(=O)CN(CCO)Cc2ccccc2)s1. The minimum Gasteiger partial charge on any atom is -0.395 e. The van der Waals surface area contributed by atoms with Crippen molar-refractivity contribution in [2.45, 2.75) is 26.8 Å². The Morgan fingerprint density at radius 1 is 1.29 bits per heavy atom. The van der Waals surface area contributed by atoms with Gasteiger partial charge in [0.2, 0.25) is 11.0 Å². The van der Waals surface area contributed by atoms with Crippen molar-refractivity contribution in [1.82, 2.24) is 15.1 Å². The predicted molar refractivity (Wildman–Crippen MR) is 95.9 cm³/mol. The Bertz CT molecular complexity index is 631. The summed E-state index contributed by atoms with van der Waals surface area (Å²) < 4.78 is 0. The zero-order valence-electron chi connectivity index (χ0n) is 14.1. The fraction of sp³-hybridized carbons (Fsp3) is 0.471. The zero-order valence-corrected chi connectivity index (χ0v) is 14.9. The van der Waals surface area contributed by atoms with Gasteiger partial charge in [-0.2, -0.15) is 0 Å². The Balaban J connectivity index is 1.89. The molecular weight excluding hydrogens is 324 g/mol. The number of aliphatic hydroxyl groups is 1. The highest BCUT2D eigenvalue weighted by molar-refractivity contribution is 7.15. The molecule has 0 saturated heterocycles. The molecule has 2 rings (SSSR count). The number of hydrogen-bond donors (Lipinski definition) is 2. The van der Waals surface area contributed by atoms with Crippen molar-refractivity contribution < 1.29 is 9.90 Å². The Hall–Kier alpha value is -1.83. The highest BCUT2D eigenvalue weighted by Gasteiger charge is 2.13. The third-order valence-corrected chi connectivity index (χ3v) is 4.19. The summed E-state index contributed by atoms with van der Waals surface area (Å²) in [5.41, 5.74) is 1.11. The summed E-state index contributed by atoms with van der Waals surface area (Å²) in [4.78, 5) is 14.1. The molecule has 0 unspecified atom stereocenters. The predicted octanol–water partition coefficient (Wildman–Crippen LogP) is 2.17. The largest absolute Gasteiger partial charge is 0.395 e. The lowest BCUT2D eigenvalue weighted by Crippen LogP contribution is -2.34. The van der Waals surface area contributed by atoms with Crippen LogP contribution < -0.4 is 5.32 Å². The van der Waals surface area contributed by atoms with Gasteiger partial charge in [0, 0.05) is 19.5 Å². The molecule has 7 heteroatoms. The summed E-state index contributed by atoms with van der Waals surface area (Å²) in [6.45, 7) is 5.51. The average molecular weight is 348 g/mol. The normalized spacial score (nSPS) is 11.2. The van der Waals surface area contributed by atoms with E-state index in [2.05, 4.69) is 29.4 Å². The lowest BCUT2D eigenvalue weighted by molar-refractivity contribution is -0.117. The molecule has 6 nitrogen and oxygen atoms in total. The van der Waals surface area contributed by atoms with E-state index in [1.165, 1.54) is 11.3 Å². The van der Waals surface area contributed by atoms with Crippen LogP contribution in [0.3, 0.4) is 0 Å².